The third-order valence-electron chi connectivity index (χ3n) is 3.79. The van der Waals surface area contributed by atoms with E-state index in [2.05, 4.69) is 15.0 Å². The Balaban J connectivity index is 1.65. The Labute approximate surface area is 141 Å². The molecule has 0 amide bonds. The highest BCUT2D eigenvalue weighted by Gasteiger charge is 2.53. The van der Waals surface area contributed by atoms with Gasteiger partial charge >= 0.3 is 19.9 Å². The molecule has 2 aromatic rings. The second kappa shape index (κ2) is 5.20. The number of anilines is 1. The Bertz CT molecular complexity index is 947. The van der Waals surface area contributed by atoms with Crippen LogP contribution in [0.25, 0.3) is 11.2 Å². The van der Waals surface area contributed by atoms with Gasteiger partial charge in [0.25, 0.3) is 0 Å². The third-order valence-corrected chi connectivity index (χ3v) is 4.87. The van der Waals surface area contributed by atoms with E-state index in [4.69, 9.17) is 23.3 Å². The summed E-state index contributed by atoms with van der Waals surface area (Å²) < 4.78 is 46.0. The zero-order chi connectivity index (χ0) is 18.2. The fourth-order valence-corrected chi connectivity index (χ4v) is 3.50. The highest BCUT2D eigenvalue weighted by atomic mass is 31.2. The van der Waals surface area contributed by atoms with Crippen LogP contribution >= 0.6 is 7.82 Å². The first-order valence-corrected chi connectivity index (χ1v) is 8.59. The van der Waals surface area contributed by atoms with E-state index >= 15 is 0 Å². The van der Waals surface area contributed by atoms with E-state index in [1.165, 1.54) is 0 Å². The van der Waals surface area contributed by atoms with Crippen molar-refractivity contribution in [1.82, 2.24) is 19.7 Å². The van der Waals surface area contributed by atoms with Crippen LogP contribution in [-0.4, -0.2) is 66.2 Å². The summed E-state index contributed by atoms with van der Waals surface area (Å²) in [5, 5.41) is 30.1. The topological polar surface area (TPSA) is 171 Å². The van der Waals surface area contributed by atoms with Crippen LogP contribution in [0.15, 0.2) is 0 Å². The van der Waals surface area contributed by atoms with Gasteiger partial charge < -0.3 is 29.4 Å². The average Bonchev–Trinajstić information content (AvgIpc) is 2.89. The number of phosphoric acid groups is 1. The van der Waals surface area contributed by atoms with E-state index < -0.39 is 44.5 Å². The van der Waals surface area contributed by atoms with Crippen molar-refractivity contribution in [2.24, 2.45) is 0 Å². The van der Waals surface area contributed by atoms with E-state index in [0.29, 0.717) is 5.23 Å². The third kappa shape index (κ3) is 2.20. The fourth-order valence-electron chi connectivity index (χ4n) is 2.59. The molecule has 6 heterocycles. The molecule has 26 heavy (non-hydrogen) atoms. The molecule has 2 fully saturated rings. The molecule has 2 saturated heterocycles. The molecule has 4 atom stereocenters. The first kappa shape index (κ1) is 16.1. The first-order chi connectivity index (χ1) is 12.3. The minimum Gasteiger partial charge on any atom is -0.397 e. The number of rotatable bonds is 2. The molecule has 0 spiro atoms. The van der Waals surface area contributed by atoms with Crippen molar-refractivity contribution >= 4 is 24.8 Å². The molecule has 3 N–H and O–H groups in total. The zero-order valence-electron chi connectivity index (χ0n) is 12.4. The molecule has 6 rings (SSSR count). The maximum absolute atomic E-state index is 13.6. The van der Waals surface area contributed by atoms with Crippen molar-refractivity contribution in [3.05, 3.63) is 6.08 Å². The number of aromatic nitrogens is 4. The van der Waals surface area contributed by atoms with Gasteiger partial charge in [0.2, 0.25) is 11.9 Å². The van der Waals surface area contributed by atoms with E-state index in [0.717, 1.165) is 4.73 Å². The number of ether oxygens (including phenoxy) is 1. The molecule has 4 bridgehead atoms. The number of hydrogen-bond acceptors (Lipinski definition) is 13. The lowest BCUT2D eigenvalue weighted by atomic mass is 10.1. The Hall–Kier alpha value is -2.13. The van der Waals surface area contributed by atoms with Crippen LogP contribution in [0.4, 0.5) is 10.2 Å². The van der Waals surface area contributed by atoms with Crippen molar-refractivity contribution in [2.45, 2.75) is 24.6 Å². The molecule has 0 radical (unpaired) electrons. The Morgan fingerprint density at radius 2 is 2.00 bits per heavy atom. The second-order valence-electron chi connectivity index (χ2n) is 5.49. The maximum atomic E-state index is 13.6. The first-order valence-electron chi connectivity index (χ1n) is 7.13. The van der Waals surface area contributed by atoms with Gasteiger partial charge in [0.1, 0.15) is 12.2 Å². The maximum Gasteiger partial charge on any atom is 0.580 e. The molecule has 0 aromatic carbocycles. The summed E-state index contributed by atoms with van der Waals surface area (Å²) in [6.45, 7) is -0.319. The van der Waals surface area contributed by atoms with Crippen LogP contribution in [0.5, 0.6) is 6.01 Å². The molecule has 0 aliphatic carbocycles. The molecular weight excluding hydrogens is 384 g/mol. The van der Waals surface area contributed by atoms with Gasteiger partial charge in [0, 0.05) is 0 Å². The summed E-state index contributed by atoms with van der Waals surface area (Å²) >= 11 is 0. The van der Waals surface area contributed by atoms with Crippen molar-refractivity contribution in [3.8, 4) is 6.01 Å². The van der Waals surface area contributed by atoms with Gasteiger partial charge in [-0.3, -0.25) is 0 Å². The van der Waals surface area contributed by atoms with E-state index in [1.807, 2.05) is 0 Å². The monoisotopic (exact) mass is 393 g/mol. The predicted molar refractivity (Wildman–Crippen MR) is 72.5 cm³/mol. The molecule has 2 aromatic heterocycles. The molecule has 14 nitrogen and oxygen atoms in total. The zero-order valence-corrected chi connectivity index (χ0v) is 13.3. The number of hydrogen-bond donors (Lipinski definition) is 3. The van der Waals surface area contributed by atoms with Gasteiger partial charge in [-0.25, -0.2) is 4.57 Å². The Morgan fingerprint density at radius 3 is 2.77 bits per heavy atom. The standard InChI is InChI=1S/C10H9FN5O9P/c11-9-12-6-3-7(14-9)16-24-26(20,25-16)23-10(13-6)15(3)22-5-4(18)2(17)1-21-8(5)19/h2,4-5,8,17-19H,1H2/t2-,4-,5+,8+/m1/s1. The number of aliphatic hydroxyl groups excluding tert-OH is 3. The molecule has 4 aliphatic rings. The van der Waals surface area contributed by atoms with Gasteiger partial charge in [0.05, 0.1) is 6.61 Å². The molecule has 4 aliphatic heterocycles. The summed E-state index contributed by atoms with van der Waals surface area (Å²) in [5.74, 6) is -0.345. The van der Waals surface area contributed by atoms with Crippen molar-refractivity contribution in [1.29, 1.82) is 0 Å². The number of nitrogens with zero attached hydrogens (tertiary/aromatic N) is 5. The molecular formula is C10H9FN5O9P. The molecule has 16 heteroatoms. The summed E-state index contributed by atoms with van der Waals surface area (Å²) in [6, 6.07) is -0.525. The van der Waals surface area contributed by atoms with Crippen molar-refractivity contribution in [3.63, 3.8) is 0 Å². The lowest BCUT2D eigenvalue weighted by Crippen LogP contribution is -2.57. The number of halogens is 1. The normalized spacial score (nSPS) is 31.9. The molecule has 140 valence electrons. The predicted octanol–water partition coefficient (Wildman–Crippen LogP) is -1.98. The van der Waals surface area contributed by atoms with E-state index in [9.17, 15) is 24.3 Å². The van der Waals surface area contributed by atoms with Crippen LogP contribution in [0.1, 0.15) is 0 Å². The summed E-state index contributed by atoms with van der Waals surface area (Å²) in [7, 11) is -4.08. The summed E-state index contributed by atoms with van der Waals surface area (Å²) in [6.07, 6.45) is -7.19. The van der Waals surface area contributed by atoms with Gasteiger partial charge in [-0.05, 0) is 0 Å². The Morgan fingerprint density at radius 1 is 1.23 bits per heavy atom. The van der Waals surface area contributed by atoms with E-state index in [-0.39, 0.29) is 23.6 Å². The lowest BCUT2D eigenvalue weighted by molar-refractivity contribution is -0.264. The van der Waals surface area contributed by atoms with Crippen LogP contribution < -0.4 is 14.6 Å². The summed E-state index contributed by atoms with van der Waals surface area (Å²) in [4.78, 5) is 16.2. The molecule has 0 unspecified atom stereocenters. The SMILES string of the molecule is O=P12Oc3nc4nc(F)nc(c4n3O[C@H]3[C@H](O)[C@H](O)CO[C@@H]3O)N(O1)O2. The van der Waals surface area contributed by atoms with Crippen molar-refractivity contribution < 1.29 is 47.6 Å². The Kier molecular flexibility index (Phi) is 3.21. The smallest absolute Gasteiger partial charge is 0.397 e. The second-order valence-corrected chi connectivity index (χ2v) is 6.89. The van der Waals surface area contributed by atoms with Crippen molar-refractivity contribution in [2.75, 3.05) is 11.8 Å². The van der Waals surface area contributed by atoms with Gasteiger partial charge in [-0.2, -0.15) is 19.3 Å². The minimum absolute atomic E-state index is 0.133. The number of imidazole rings is 1. The van der Waals surface area contributed by atoms with Crippen LogP contribution in [0.2, 0.25) is 0 Å². The highest BCUT2D eigenvalue weighted by Crippen LogP contribution is 2.61. The lowest BCUT2D eigenvalue weighted by Gasteiger charge is -2.37. The fraction of sp³-hybridized carbons (Fsp3) is 0.500. The van der Waals surface area contributed by atoms with Crippen LogP contribution in [0.3, 0.4) is 0 Å². The minimum atomic E-state index is -4.08. The van der Waals surface area contributed by atoms with Gasteiger partial charge in [-0.1, -0.05) is 5.23 Å². The van der Waals surface area contributed by atoms with Gasteiger partial charge in [-0.15, -0.1) is 14.0 Å². The summed E-state index contributed by atoms with van der Waals surface area (Å²) in [5.41, 5.74) is -0.400. The molecule has 0 saturated carbocycles. The number of aliphatic hydroxyl groups is 3. The average molecular weight is 393 g/mol. The highest BCUT2D eigenvalue weighted by molar-refractivity contribution is 7.50. The van der Waals surface area contributed by atoms with E-state index in [1.54, 1.807) is 0 Å². The van der Waals surface area contributed by atoms with Crippen LogP contribution in [-0.2, 0) is 18.6 Å². The quantitative estimate of drug-likeness (QED) is 0.379. The largest absolute Gasteiger partial charge is 0.580 e. The van der Waals surface area contributed by atoms with Gasteiger partial charge in [0.15, 0.2) is 17.5 Å². The van der Waals surface area contributed by atoms with Crippen LogP contribution in [0, 0.1) is 6.08 Å².